The van der Waals surface area contributed by atoms with Gasteiger partial charge in [0.05, 0.1) is 7.11 Å². The molecule has 0 bridgehead atoms. The van der Waals surface area contributed by atoms with Crippen molar-refractivity contribution in [3.8, 4) is 5.75 Å². The Balaban J connectivity index is 2.25. The van der Waals surface area contributed by atoms with Gasteiger partial charge in [-0.2, -0.15) is 0 Å². The van der Waals surface area contributed by atoms with E-state index in [2.05, 4.69) is 5.32 Å². The van der Waals surface area contributed by atoms with Crippen LogP contribution in [-0.4, -0.2) is 30.1 Å². The average molecular weight is 235 g/mol. The number of carbonyl (C=O) groups excluding carboxylic acids is 1. The first-order valence-corrected chi connectivity index (χ1v) is 5.28. The van der Waals surface area contributed by atoms with Crippen LogP contribution in [0.25, 0.3) is 0 Å². The van der Waals surface area contributed by atoms with E-state index >= 15 is 0 Å². The minimum atomic E-state index is -1.00. The molecule has 90 valence electrons. The molecule has 5 heteroatoms. The van der Waals surface area contributed by atoms with Crippen molar-refractivity contribution in [3.63, 3.8) is 0 Å². The summed E-state index contributed by atoms with van der Waals surface area (Å²) in [5.74, 6) is -0.835. The van der Waals surface area contributed by atoms with Gasteiger partial charge in [0.15, 0.2) is 0 Å². The molecule has 1 heterocycles. The molecule has 5 nitrogen and oxygen atoms in total. The van der Waals surface area contributed by atoms with Crippen molar-refractivity contribution in [3.05, 3.63) is 29.8 Å². The molecule has 17 heavy (non-hydrogen) atoms. The first kappa shape index (κ1) is 11.4. The van der Waals surface area contributed by atoms with Gasteiger partial charge in [0, 0.05) is 12.3 Å². The van der Waals surface area contributed by atoms with E-state index in [1.54, 1.807) is 31.4 Å². The number of rotatable bonds is 3. The van der Waals surface area contributed by atoms with E-state index in [1.165, 1.54) is 0 Å². The zero-order valence-corrected chi connectivity index (χ0v) is 9.34. The number of hydrogen-bond donors (Lipinski definition) is 2. The van der Waals surface area contributed by atoms with Crippen LogP contribution in [0, 0.1) is 0 Å². The average Bonchev–Trinajstić information content (AvgIpc) is 2.72. The zero-order chi connectivity index (χ0) is 12.4. The highest BCUT2D eigenvalue weighted by atomic mass is 16.5. The highest BCUT2D eigenvalue weighted by molar-refractivity contribution is 5.89. The highest BCUT2D eigenvalue weighted by Crippen LogP contribution is 2.29. The van der Waals surface area contributed by atoms with Crippen molar-refractivity contribution < 1.29 is 19.4 Å². The van der Waals surface area contributed by atoms with Gasteiger partial charge in [-0.3, -0.25) is 4.79 Å². The Bertz CT molecular complexity index is 440. The van der Waals surface area contributed by atoms with Gasteiger partial charge in [0.2, 0.25) is 5.91 Å². The number of benzene rings is 1. The van der Waals surface area contributed by atoms with Crippen molar-refractivity contribution in [2.24, 2.45) is 0 Å². The van der Waals surface area contributed by atoms with Gasteiger partial charge in [-0.25, -0.2) is 4.79 Å². The molecule has 1 saturated heterocycles. The Hall–Kier alpha value is -2.04. The number of carbonyl (C=O) groups is 2. The van der Waals surface area contributed by atoms with E-state index in [9.17, 15) is 9.59 Å². The van der Waals surface area contributed by atoms with E-state index < -0.39 is 12.0 Å². The number of ether oxygens (including phenoxy) is 1. The third kappa shape index (κ3) is 2.22. The third-order valence-corrected chi connectivity index (χ3v) is 2.93. The summed E-state index contributed by atoms with van der Waals surface area (Å²) < 4.78 is 5.03. The molecule has 0 aromatic heterocycles. The summed E-state index contributed by atoms with van der Waals surface area (Å²) in [6.07, 6.45) is 0.212. The van der Waals surface area contributed by atoms with Gasteiger partial charge < -0.3 is 15.2 Å². The van der Waals surface area contributed by atoms with Gasteiger partial charge in [0.25, 0.3) is 0 Å². The zero-order valence-electron chi connectivity index (χ0n) is 9.34. The topological polar surface area (TPSA) is 75.6 Å². The van der Waals surface area contributed by atoms with Crippen LogP contribution in [0.1, 0.15) is 17.9 Å². The molecule has 0 saturated carbocycles. The molecular weight excluding hydrogens is 222 g/mol. The van der Waals surface area contributed by atoms with Crippen LogP contribution in [-0.2, 0) is 9.59 Å². The van der Waals surface area contributed by atoms with E-state index in [1.807, 2.05) is 0 Å². The van der Waals surface area contributed by atoms with Crippen LogP contribution in [0.15, 0.2) is 24.3 Å². The Morgan fingerprint density at radius 2 is 2.06 bits per heavy atom. The molecule has 2 N–H and O–H groups in total. The molecule has 1 aromatic rings. The minimum Gasteiger partial charge on any atom is -0.497 e. The molecule has 1 amide bonds. The van der Waals surface area contributed by atoms with E-state index in [0.717, 1.165) is 5.56 Å². The number of carboxylic acid groups (broad SMARTS) is 1. The Labute approximate surface area is 98.4 Å². The Morgan fingerprint density at radius 3 is 2.59 bits per heavy atom. The summed E-state index contributed by atoms with van der Waals surface area (Å²) in [7, 11) is 1.57. The van der Waals surface area contributed by atoms with Crippen molar-refractivity contribution in [1.82, 2.24) is 5.32 Å². The smallest absolute Gasteiger partial charge is 0.326 e. The lowest BCUT2D eigenvalue weighted by Crippen LogP contribution is -2.35. The number of methoxy groups -OCH3 is 1. The normalized spacial score (nSPS) is 23.2. The molecule has 2 unspecified atom stereocenters. The Morgan fingerprint density at radius 1 is 1.41 bits per heavy atom. The van der Waals surface area contributed by atoms with Crippen LogP contribution in [0.3, 0.4) is 0 Å². The lowest BCUT2D eigenvalue weighted by atomic mass is 9.92. The summed E-state index contributed by atoms with van der Waals surface area (Å²) in [5.41, 5.74) is 0.830. The fraction of sp³-hybridized carbons (Fsp3) is 0.333. The number of amides is 1. The summed E-state index contributed by atoms with van der Waals surface area (Å²) >= 11 is 0. The molecular formula is C12H13NO4. The number of hydrogen-bond acceptors (Lipinski definition) is 3. The summed E-state index contributed by atoms with van der Waals surface area (Å²) in [6, 6.07) is 6.27. The van der Waals surface area contributed by atoms with Crippen molar-refractivity contribution >= 4 is 11.9 Å². The van der Waals surface area contributed by atoms with Crippen molar-refractivity contribution in [1.29, 1.82) is 0 Å². The van der Waals surface area contributed by atoms with Gasteiger partial charge in [0.1, 0.15) is 11.8 Å². The van der Waals surface area contributed by atoms with Crippen LogP contribution < -0.4 is 10.1 Å². The van der Waals surface area contributed by atoms with E-state index in [0.29, 0.717) is 5.75 Å². The maximum Gasteiger partial charge on any atom is 0.326 e. The third-order valence-electron chi connectivity index (χ3n) is 2.93. The monoisotopic (exact) mass is 235 g/mol. The molecule has 2 atom stereocenters. The van der Waals surface area contributed by atoms with Gasteiger partial charge in [-0.05, 0) is 17.7 Å². The molecule has 2 rings (SSSR count). The first-order chi connectivity index (χ1) is 8.11. The summed E-state index contributed by atoms with van der Waals surface area (Å²) in [4.78, 5) is 22.3. The predicted molar refractivity (Wildman–Crippen MR) is 59.9 cm³/mol. The molecule has 0 spiro atoms. The second kappa shape index (κ2) is 4.45. The second-order valence-corrected chi connectivity index (χ2v) is 3.97. The predicted octanol–water partition coefficient (Wildman–Crippen LogP) is 0.752. The van der Waals surface area contributed by atoms with E-state index in [-0.39, 0.29) is 18.2 Å². The Kier molecular flexibility index (Phi) is 2.99. The van der Waals surface area contributed by atoms with Gasteiger partial charge >= 0.3 is 5.97 Å². The molecule has 0 radical (unpaired) electrons. The fourth-order valence-electron chi connectivity index (χ4n) is 2.05. The largest absolute Gasteiger partial charge is 0.497 e. The summed E-state index contributed by atoms with van der Waals surface area (Å²) in [5, 5.41) is 11.5. The standard InChI is InChI=1S/C12H13NO4/c1-17-8-4-2-7(3-5-8)9-6-10(14)13-11(9)12(15)16/h2-5,9,11H,6H2,1H3,(H,13,14)(H,15,16). The van der Waals surface area contributed by atoms with Crippen molar-refractivity contribution in [2.45, 2.75) is 18.4 Å². The van der Waals surface area contributed by atoms with Crippen LogP contribution in [0.4, 0.5) is 0 Å². The van der Waals surface area contributed by atoms with Crippen LogP contribution >= 0.6 is 0 Å². The maximum absolute atomic E-state index is 11.3. The first-order valence-electron chi connectivity index (χ1n) is 5.28. The second-order valence-electron chi connectivity index (χ2n) is 3.97. The number of carboxylic acids is 1. The maximum atomic E-state index is 11.3. The SMILES string of the molecule is COc1ccc(C2CC(=O)NC2C(=O)O)cc1. The van der Waals surface area contributed by atoms with Gasteiger partial charge in [-0.1, -0.05) is 12.1 Å². The van der Waals surface area contributed by atoms with E-state index in [4.69, 9.17) is 9.84 Å². The molecule has 1 fully saturated rings. The number of nitrogens with one attached hydrogen (secondary N) is 1. The molecule has 0 aliphatic carbocycles. The highest BCUT2D eigenvalue weighted by Gasteiger charge is 2.38. The van der Waals surface area contributed by atoms with Gasteiger partial charge in [-0.15, -0.1) is 0 Å². The molecule has 1 aliphatic heterocycles. The van der Waals surface area contributed by atoms with Crippen molar-refractivity contribution in [2.75, 3.05) is 7.11 Å². The fourth-order valence-corrected chi connectivity index (χ4v) is 2.05. The number of aliphatic carboxylic acids is 1. The minimum absolute atomic E-state index is 0.212. The lowest BCUT2D eigenvalue weighted by Gasteiger charge is -2.15. The summed E-state index contributed by atoms with van der Waals surface area (Å²) in [6.45, 7) is 0. The van der Waals surface area contributed by atoms with Crippen LogP contribution in [0.2, 0.25) is 0 Å². The quantitative estimate of drug-likeness (QED) is 0.810. The van der Waals surface area contributed by atoms with Crippen LogP contribution in [0.5, 0.6) is 5.75 Å². The molecule has 1 aromatic carbocycles. The molecule has 1 aliphatic rings. The lowest BCUT2D eigenvalue weighted by molar-refractivity contribution is -0.140.